The number of carbonyl (C=O) groups is 1. The van der Waals surface area contributed by atoms with E-state index in [0.29, 0.717) is 18.7 Å². The number of ether oxygens (including phenoxy) is 1. The van der Waals surface area contributed by atoms with Crippen molar-refractivity contribution in [1.29, 1.82) is 0 Å². The van der Waals surface area contributed by atoms with Crippen LogP contribution in [0.4, 0.5) is 0 Å². The Labute approximate surface area is 169 Å². The minimum Gasteiger partial charge on any atom is -0.497 e. The number of rotatable bonds is 9. The van der Waals surface area contributed by atoms with E-state index in [1.165, 1.54) is 23.1 Å². The highest BCUT2D eigenvalue weighted by atomic mass is 32.2. The van der Waals surface area contributed by atoms with Crippen LogP contribution in [0.1, 0.15) is 21.8 Å². The molecule has 0 aliphatic carbocycles. The van der Waals surface area contributed by atoms with Crippen molar-refractivity contribution in [2.75, 3.05) is 13.7 Å². The molecule has 8 nitrogen and oxygen atoms in total. The summed E-state index contributed by atoms with van der Waals surface area (Å²) >= 11 is 0. The van der Waals surface area contributed by atoms with Gasteiger partial charge in [0.05, 0.1) is 19.9 Å². The number of aryl methyl sites for hydroxylation is 1. The maximum absolute atomic E-state index is 12.5. The van der Waals surface area contributed by atoms with Crippen LogP contribution in [0, 0.1) is 0 Å². The molecule has 2 heterocycles. The van der Waals surface area contributed by atoms with Crippen molar-refractivity contribution in [3.05, 3.63) is 71.9 Å². The molecule has 0 fully saturated rings. The van der Waals surface area contributed by atoms with Gasteiger partial charge in [0.2, 0.25) is 10.0 Å². The fraction of sp³-hybridized carbons (Fsp3) is 0.250. The first-order valence-electron chi connectivity index (χ1n) is 8.98. The molecule has 0 saturated heterocycles. The standard InChI is InChI=1S/C20H23N3O5S/c1-23-14-18(29(25,26)22-13-17-4-3-11-28-17)12-19(23)20(24)21-10-9-15-5-7-16(27-2)8-6-15/h3-8,11-12,14,22H,9-10,13H2,1-2H3,(H,21,24). The first-order chi connectivity index (χ1) is 13.9. The molecule has 0 saturated carbocycles. The van der Waals surface area contributed by atoms with Crippen LogP contribution in [-0.2, 0) is 30.0 Å². The van der Waals surface area contributed by atoms with Crippen LogP contribution in [0.2, 0.25) is 0 Å². The first-order valence-corrected chi connectivity index (χ1v) is 10.5. The zero-order valence-electron chi connectivity index (χ0n) is 16.2. The van der Waals surface area contributed by atoms with Crippen molar-refractivity contribution in [2.45, 2.75) is 17.9 Å². The Morgan fingerprint density at radius 2 is 1.97 bits per heavy atom. The van der Waals surface area contributed by atoms with Gasteiger partial charge >= 0.3 is 0 Å². The molecular formula is C20H23N3O5S. The smallest absolute Gasteiger partial charge is 0.267 e. The van der Waals surface area contributed by atoms with Crippen molar-refractivity contribution in [3.63, 3.8) is 0 Å². The monoisotopic (exact) mass is 417 g/mol. The van der Waals surface area contributed by atoms with Gasteiger partial charge in [-0.3, -0.25) is 4.79 Å². The third kappa shape index (κ3) is 5.27. The Morgan fingerprint density at radius 1 is 1.21 bits per heavy atom. The van der Waals surface area contributed by atoms with E-state index in [4.69, 9.17) is 9.15 Å². The predicted octanol–water partition coefficient (Wildman–Crippen LogP) is 2.08. The molecule has 154 valence electrons. The van der Waals surface area contributed by atoms with Gasteiger partial charge in [-0.25, -0.2) is 13.1 Å². The number of amides is 1. The number of benzene rings is 1. The summed E-state index contributed by atoms with van der Waals surface area (Å²) < 4.78 is 39.1. The molecule has 3 aromatic rings. The van der Waals surface area contributed by atoms with Gasteiger partial charge < -0.3 is 19.0 Å². The van der Waals surface area contributed by atoms with Gasteiger partial charge in [-0.1, -0.05) is 12.1 Å². The highest BCUT2D eigenvalue weighted by molar-refractivity contribution is 7.89. The molecule has 0 atom stereocenters. The Bertz CT molecular complexity index is 1050. The average Bonchev–Trinajstić information content (AvgIpc) is 3.37. The lowest BCUT2D eigenvalue weighted by atomic mass is 10.1. The van der Waals surface area contributed by atoms with Crippen molar-refractivity contribution in [3.8, 4) is 5.75 Å². The summed E-state index contributed by atoms with van der Waals surface area (Å²) in [7, 11) is -0.528. The summed E-state index contributed by atoms with van der Waals surface area (Å²) in [5.74, 6) is 0.936. The van der Waals surface area contributed by atoms with E-state index >= 15 is 0 Å². The molecule has 29 heavy (non-hydrogen) atoms. The summed E-state index contributed by atoms with van der Waals surface area (Å²) in [5, 5.41) is 2.81. The molecule has 0 spiro atoms. The van der Waals surface area contributed by atoms with Gasteiger partial charge in [-0.15, -0.1) is 0 Å². The lowest BCUT2D eigenvalue weighted by molar-refractivity contribution is 0.0946. The van der Waals surface area contributed by atoms with Gasteiger partial charge in [0.25, 0.3) is 5.91 Å². The summed E-state index contributed by atoms with van der Waals surface area (Å²) in [6.45, 7) is 0.461. The Hall–Kier alpha value is -3.04. The van der Waals surface area contributed by atoms with Crippen molar-refractivity contribution >= 4 is 15.9 Å². The molecule has 0 unspecified atom stereocenters. The summed E-state index contributed by atoms with van der Waals surface area (Å²) in [5.41, 5.74) is 1.32. The number of carbonyl (C=O) groups excluding carboxylic acids is 1. The van der Waals surface area contributed by atoms with Crippen LogP contribution < -0.4 is 14.8 Å². The predicted molar refractivity (Wildman–Crippen MR) is 107 cm³/mol. The number of furan rings is 1. The number of methoxy groups -OCH3 is 1. The van der Waals surface area contributed by atoms with Crippen LogP contribution >= 0.6 is 0 Å². The first kappa shape index (κ1) is 20.7. The number of sulfonamides is 1. The van der Waals surface area contributed by atoms with E-state index in [-0.39, 0.29) is 23.0 Å². The van der Waals surface area contributed by atoms with Gasteiger partial charge in [-0.2, -0.15) is 0 Å². The van der Waals surface area contributed by atoms with E-state index in [0.717, 1.165) is 11.3 Å². The molecule has 0 radical (unpaired) electrons. The third-order valence-corrected chi connectivity index (χ3v) is 5.77. The number of aromatic nitrogens is 1. The zero-order chi connectivity index (χ0) is 20.9. The maximum atomic E-state index is 12.5. The Morgan fingerprint density at radius 3 is 2.62 bits per heavy atom. The van der Waals surface area contributed by atoms with E-state index in [9.17, 15) is 13.2 Å². The third-order valence-electron chi connectivity index (χ3n) is 4.40. The van der Waals surface area contributed by atoms with Crippen LogP contribution in [0.5, 0.6) is 5.75 Å². The van der Waals surface area contributed by atoms with Gasteiger partial charge in [0.15, 0.2) is 0 Å². The second kappa shape index (κ2) is 8.97. The minimum absolute atomic E-state index is 0.0202. The number of nitrogens with zero attached hydrogens (tertiary/aromatic N) is 1. The van der Waals surface area contributed by atoms with Crippen LogP contribution in [-0.4, -0.2) is 32.5 Å². The lowest BCUT2D eigenvalue weighted by Crippen LogP contribution is -2.27. The molecule has 1 aromatic carbocycles. The second-order valence-corrected chi connectivity index (χ2v) is 8.20. The summed E-state index contributed by atoms with van der Waals surface area (Å²) in [6, 6.07) is 12.3. The summed E-state index contributed by atoms with van der Waals surface area (Å²) in [6.07, 6.45) is 3.53. The Kier molecular flexibility index (Phi) is 6.40. The minimum atomic E-state index is -3.76. The lowest BCUT2D eigenvalue weighted by Gasteiger charge is -2.07. The molecule has 2 aromatic heterocycles. The maximum Gasteiger partial charge on any atom is 0.267 e. The quantitative estimate of drug-likeness (QED) is 0.555. The second-order valence-electron chi connectivity index (χ2n) is 6.43. The van der Waals surface area contributed by atoms with Crippen molar-refractivity contribution < 1.29 is 22.4 Å². The van der Waals surface area contributed by atoms with E-state index in [2.05, 4.69) is 10.0 Å². The van der Waals surface area contributed by atoms with E-state index in [1.807, 2.05) is 24.3 Å². The highest BCUT2D eigenvalue weighted by Crippen LogP contribution is 2.15. The van der Waals surface area contributed by atoms with Crippen LogP contribution in [0.3, 0.4) is 0 Å². The summed E-state index contributed by atoms with van der Waals surface area (Å²) in [4.78, 5) is 12.5. The van der Waals surface area contributed by atoms with Crippen LogP contribution in [0.15, 0.2) is 64.2 Å². The molecule has 1 amide bonds. The van der Waals surface area contributed by atoms with Crippen molar-refractivity contribution in [1.82, 2.24) is 14.6 Å². The molecule has 0 bridgehead atoms. The molecule has 3 rings (SSSR count). The van der Waals surface area contributed by atoms with Gasteiger partial charge in [-0.05, 0) is 42.3 Å². The van der Waals surface area contributed by atoms with E-state index < -0.39 is 10.0 Å². The molecule has 0 aliphatic rings. The van der Waals surface area contributed by atoms with Crippen LogP contribution in [0.25, 0.3) is 0 Å². The SMILES string of the molecule is COc1ccc(CCNC(=O)c2cc(S(=O)(=O)NCc3ccco3)cn2C)cc1. The average molecular weight is 417 g/mol. The van der Waals surface area contributed by atoms with Gasteiger partial charge in [0, 0.05) is 19.8 Å². The largest absolute Gasteiger partial charge is 0.497 e. The topological polar surface area (TPSA) is 103 Å². The number of nitrogens with one attached hydrogen (secondary N) is 2. The van der Waals surface area contributed by atoms with Crippen molar-refractivity contribution in [2.24, 2.45) is 7.05 Å². The fourth-order valence-corrected chi connectivity index (χ4v) is 3.84. The molecular weight excluding hydrogens is 394 g/mol. The molecule has 2 N–H and O–H groups in total. The highest BCUT2D eigenvalue weighted by Gasteiger charge is 2.20. The fourth-order valence-electron chi connectivity index (χ4n) is 2.77. The normalized spacial score (nSPS) is 11.4. The van der Waals surface area contributed by atoms with E-state index in [1.54, 1.807) is 26.3 Å². The number of hydrogen-bond acceptors (Lipinski definition) is 5. The van der Waals surface area contributed by atoms with Gasteiger partial charge in [0.1, 0.15) is 22.1 Å². The Balaban J connectivity index is 1.58. The molecule has 9 heteroatoms. The zero-order valence-corrected chi connectivity index (χ0v) is 17.0. The molecule has 0 aliphatic heterocycles. The number of hydrogen-bond donors (Lipinski definition) is 2.